The number of ether oxygens (including phenoxy) is 1. The van der Waals surface area contributed by atoms with E-state index in [1.54, 1.807) is 24.3 Å². The van der Waals surface area contributed by atoms with Gasteiger partial charge < -0.3 is 15.0 Å². The summed E-state index contributed by atoms with van der Waals surface area (Å²) in [5.41, 5.74) is 1.04. The number of rotatable bonds is 4. The Bertz CT molecular complexity index is 583. The fourth-order valence-electron chi connectivity index (χ4n) is 3.04. The second-order valence-corrected chi connectivity index (χ2v) is 6.61. The molecule has 126 valence electrons. The number of nitrogens with one attached hydrogen (secondary N) is 1. The van der Waals surface area contributed by atoms with Crippen molar-refractivity contribution < 1.29 is 14.3 Å². The van der Waals surface area contributed by atoms with Crippen LogP contribution in [-0.2, 0) is 4.74 Å². The van der Waals surface area contributed by atoms with Crippen LogP contribution in [0.5, 0.6) is 0 Å². The van der Waals surface area contributed by atoms with Crippen LogP contribution in [0, 0.1) is 0 Å². The number of hydrogen-bond donors (Lipinski definition) is 1. The Labute approximate surface area is 138 Å². The van der Waals surface area contributed by atoms with E-state index < -0.39 is 0 Å². The van der Waals surface area contributed by atoms with Gasteiger partial charge in [0.1, 0.15) is 0 Å². The van der Waals surface area contributed by atoms with Gasteiger partial charge in [0.15, 0.2) is 5.78 Å². The molecule has 1 N–H and O–H groups in total. The Hall–Kier alpha value is -1.88. The molecule has 1 aromatic carbocycles. The first-order valence-corrected chi connectivity index (χ1v) is 8.15. The summed E-state index contributed by atoms with van der Waals surface area (Å²) >= 11 is 0. The predicted molar refractivity (Wildman–Crippen MR) is 90.9 cm³/mol. The number of carbonyl (C=O) groups is 2. The van der Waals surface area contributed by atoms with Gasteiger partial charge in [-0.3, -0.25) is 4.79 Å². The molecule has 1 aliphatic rings. The van der Waals surface area contributed by atoms with Gasteiger partial charge in [-0.1, -0.05) is 12.1 Å². The summed E-state index contributed by atoms with van der Waals surface area (Å²) in [5.74, 6) is -0.0142. The summed E-state index contributed by atoms with van der Waals surface area (Å²) in [6.45, 7) is 8.92. The Morgan fingerprint density at radius 2 is 2.13 bits per heavy atom. The summed E-state index contributed by atoms with van der Waals surface area (Å²) in [5, 5.41) is 2.91. The molecule has 0 radical (unpaired) electrons. The number of hydrogen-bond acceptors (Lipinski definition) is 3. The van der Waals surface area contributed by atoms with E-state index in [1.165, 1.54) is 6.92 Å². The van der Waals surface area contributed by atoms with Crippen molar-refractivity contribution >= 4 is 17.5 Å². The fourth-order valence-corrected chi connectivity index (χ4v) is 3.04. The molecule has 0 spiro atoms. The maximum atomic E-state index is 12.6. The summed E-state index contributed by atoms with van der Waals surface area (Å²) in [6.07, 6.45) is 1.67. The molecular formula is C18H26N2O3. The molecule has 5 nitrogen and oxygen atoms in total. The summed E-state index contributed by atoms with van der Waals surface area (Å²) in [7, 11) is 0. The van der Waals surface area contributed by atoms with E-state index in [4.69, 9.17) is 4.74 Å². The molecule has 1 saturated heterocycles. The average molecular weight is 318 g/mol. The SMILES string of the molecule is CCN(C(=O)Nc1cccc(C(C)=O)c1)C1CCOC(C)(C)C1. The van der Waals surface area contributed by atoms with Gasteiger partial charge >= 0.3 is 6.03 Å². The summed E-state index contributed by atoms with van der Waals surface area (Å²) in [6, 6.07) is 7.07. The number of nitrogens with zero attached hydrogens (tertiary/aromatic N) is 1. The van der Waals surface area contributed by atoms with Gasteiger partial charge in [-0.2, -0.15) is 0 Å². The standard InChI is InChI=1S/C18H26N2O3/c1-5-20(16-9-10-23-18(3,4)12-16)17(22)19-15-8-6-7-14(11-15)13(2)21/h6-8,11,16H,5,9-10,12H2,1-4H3,(H,19,22). The molecule has 0 saturated carbocycles. The highest BCUT2D eigenvalue weighted by molar-refractivity contribution is 5.96. The molecule has 1 unspecified atom stereocenters. The first-order valence-electron chi connectivity index (χ1n) is 8.15. The zero-order valence-electron chi connectivity index (χ0n) is 14.4. The van der Waals surface area contributed by atoms with Crippen LogP contribution in [-0.4, -0.2) is 41.5 Å². The lowest BCUT2D eigenvalue weighted by Crippen LogP contribution is -2.49. The lowest BCUT2D eigenvalue weighted by Gasteiger charge is -2.40. The molecule has 0 aliphatic carbocycles. The second kappa shape index (κ2) is 7.13. The normalized spacial score (nSPS) is 19.9. The molecule has 2 amide bonds. The van der Waals surface area contributed by atoms with Crippen molar-refractivity contribution in [1.29, 1.82) is 0 Å². The topological polar surface area (TPSA) is 58.6 Å². The summed E-state index contributed by atoms with van der Waals surface area (Å²) in [4.78, 5) is 25.9. The van der Waals surface area contributed by atoms with Crippen molar-refractivity contribution in [1.82, 2.24) is 4.90 Å². The minimum Gasteiger partial charge on any atom is -0.375 e. The first-order chi connectivity index (χ1) is 10.8. The molecule has 1 heterocycles. The third-order valence-corrected chi connectivity index (χ3v) is 4.23. The minimum absolute atomic E-state index is 0.0142. The number of carbonyl (C=O) groups excluding carboxylic acids is 2. The average Bonchev–Trinajstić information content (AvgIpc) is 2.47. The molecule has 1 atom stereocenters. The highest BCUT2D eigenvalue weighted by Gasteiger charge is 2.33. The molecule has 5 heteroatoms. The molecule has 23 heavy (non-hydrogen) atoms. The van der Waals surface area contributed by atoms with Crippen LogP contribution in [0.1, 0.15) is 50.9 Å². The van der Waals surface area contributed by atoms with Gasteiger partial charge in [0.2, 0.25) is 0 Å². The lowest BCUT2D eigenvalue weighted by molar-refractivity contribution is -0.0758. The van der Waals surface area contributed by atoms with Crippen molar-refractivity contribution in [3.63, 3.8) is 0 Å². The molecule has 0 bridgehead atoms. The van der Waals surface area contributed by atoms with Crippen molar-refractivity contribution in [3.8, 4) is 0 Å². The molecule has 1 fully saturated rings. The zero-order valence-corrected chi connectivity index (χ0v) is 14.4. The van der Waals surface area contributed by atoms with Gasteiger partial charge in [-0.05, 0) is 52.7 Å². The van der Waals surface area contributed by atoms with Crippen molar-refractivity contribution in [3.05, 3.63) is 29.8 Å². The molecular weight excluding hydrogens is 292 g/mol. The van der Waals surface area contributed by atoms with Crippen LogP contribution in [0.2, 0.25) is 0 Å². The van der Waals surface area contributed by atoms with Crippen LogP contribution in [0.15, 0.2) is 24.3 Å². The third kappa shape index (κ3) is 4.55. The number of amides is 2. The third-order valence-electron chi connectivity index (χ3n) is 4.23. The largest absolute Gasteiger partial charge is 0.375 e. The zero-order chi connectivity index (χ0) is 17.0. The Balaban J connectivity index is 2.08. The van der Waals surface area contributed by atoms with E-state index in [-0.39, 0.29) is 23.5 Å². The molecule has 1 aliphatic heterocycles. The molecule has 2 rings (SSSR count). The monoisotopic (exact) mass is 318 g/mol. The maximum Gasteiger partial charge on any atom is 0.322 e. The van der Waals surface area contributed by atoms with Crippen LogP contribution >= 0.6 is 0 Å². The fraction of sp³-hybridized carbons (Fsp3) is 0.556. The maximum absolute atomic E-state index is 12.6. The van der Waals surface area contributed by atoms with E-state index in [2.05, 4.69) is 19.2 Å². The van der Waals surface area contributed by atoms with Gasteiger partial charge in [-0.25, -0.2) is 4.79 Å². The van der Waals surface area contributed by atoms with E-state index in [1.807, 2.05) is 11.8 Å². The highest BCUT2D eigenvalue weighted by atomic mass is 16.5. The van der Waals surface area contributed by atoms with Crippen molar-refractivity contribution in [2.75, 3.05) is 18.5 Å². The Morgan fingerprint density at radius 1 is 1.39 bits per heavy atom. The van der Waals surface area contributed by atoms with Crippen LogP contribution in [0.3, 0.4) is 0 Å². The van der Waals surface area contributed by atoms with Gasteiger partial charge in [0.25, 0.3) is 0 Å². The molecule has 0 aromatic heterocycles. The second-order valence-electron chi connectivity index (χ2n) is 6.61. The Morgan fingerprint density at radius 3 is 2.74 bits per heavy atom. The Kier molecular flexibility index (Phi) is 5.42. The number of benzene rings is 1. The first kappa shape index (κ1) is 17.5. The van der Waals surface area contributed by atoms with Crippen molar-refractivity contribution in [2.45, 2.75) is 52.2 Å². The van der Waals surface area contributed by atoms with E-state index in [9.17, 15) is 9.59 Å². The van der Waals surface area contributed by atoms with Crippen LogP contribution in [0.25, 0.3) is 0 Å². The lowest BCUT2D eigenvalue weighted by atomic mass is 9.93. The van der Waals surface area contributed by atoms with Gasteiger partial charge in [-0.15, -0.1) is 0 Å². The van der Waals surface area contributed by atoms with Crippen LogP contribution < -0.4 is 5.32 Å². The smallest absolute Gasteiger partial charge is 0.322 e. The minimum atomic E-state index is -0.203. The summed E-state index contributed by atoms with van der Waals surface area (Å²) < 4.78 is 5.73. The number of anilines is 1. The van der Waals surface area contributed by atoms with E-state index in [0.29, 0.717) is 24.4 Å². The quantitative estimate of drug-likeness (QED) is 0.861. The van der Waals surface area contributed by atoms with Crippen molar-refractivity contribution in [2.24, 2.45) is 0 Å². The number of urea groups is 1. The van der Waals surface area contributed by atoms with Crippen LogP contribution in [0.4, 0.5) is 10.5 Å². The number of ketones is 1. The van der Waals surface area contributed by atoms with Gasteiger partial charge in [0, 0.05) is 30.4 Å². The highest BCUT2D eigenvalue weighted by Crippen LogP contribution is 2.27. The van der Waals surface area contributed by atoms with E-state index in [0.717, 1.165) is 12.8 Å². The van der Waals surface area contributed by atoms with Gasteiger partial charge in [0.05, 0.1) is 5.60 Å². The predicted octanol–water partition coefficient (Wildman–Crippen LogP) is 3.70. The van der Waals surface area contributed by atoms with E-state index >= 15 is 0 Å². The molecule has 1 aromatic rings. The number of Topliss-reactive ketones (excluding diaryl/α,β-unsaturated/α-hetero) is 1.